The molecular weight excluding hydrogens is 368 g/mol. The number of nitrogens with zero attached hydrogens (tertiary/aromatic N) is 3. The van der Waals surface area contributed by atoms with E-state index < -0.39 is 0 Å². The van der Waals surface area contributed by atoms with Crippen molar-refractivity contribution >= 4 is 17.2 Å². The van der Waals surface area contributed by atoms with Gasteiger partial charge in [-0.05, 0) is 44.6 Å². The van der Waals surface area contributed by atoms with E-state index in [0.717, 1.165) is 27.7 Å². The first-order chi connectivity index (χ1) is 13.4. The molecule has 0 bridgehead atoms. The van der Waals surface area contributed by atoms with E-state index in [9.17, 15) is 4.79 Å². The fraction of sp³-hybridized carbons (Fsp3) is 0.318. The lowest BCUT2D eigenvalue weighted by molar-refractivity contribution is -0.119. The number of carbonyl (C=O) groups excluding carboxylic acids is 1. The summed E-state index contributed by atoms with van der Waals surface area (Å²) in [6.07, 6.45) is 0.685. The van der Waals surface area contributed by atoms with E-state index >= 15 is 0 Å². The minimum Gasteiger partial charge on any atom is -0.347 e. The van der Waals surface area contributed by atoms with E-state index in [1.807, 2.05) is 12.1 Å². The molecule has 1 aromatic heterocycles. The van der Waals surface area contributed by atoms with Crippen LogP contribution in [0.5, 0.6) is 0 Å². The topological polar surface area (TPSA) is 58.1 Å². The highest BCUT2D eigenvalue weighted by atomic mass is 32.1. The molecule has 0 saturated heterocycles. The largest absolute Gasteiger partial charge is 0.347 e. The van der Waals surface area contributed by atoms with Gasteiger partial charge in [-0.2, -0.15) is 0 Å². The highest BCUT2D eigenvalue weighted by molar-refractivity contribution is 7.14. The van der Waals surface area contributed by atoms with Crippen LogP contribution in [0.2, 0.25) is 0 Å². The second kappa shape index (κ2) is 9.08. The Balaban J connectivity index is 1.80. The first kappa shape index (κ1) is 20.2. The minimum atomic E-state index is -0.187. The maximum Gasteiger partial charge on any atom is 0.217 e. The number of amides is 1. The van der Waals surface area contributed by atoms with E-state index in [1.165, 1.54) is 29.4 Å². The van der Waals surface area contributed by atoms with Crippen LogP contribution in [-0.4, -0.2) is 35.1 Å². The van der Waals surface area contributed by atoms with Crippen LogP contribution < -0.4 is 5.32 Å². The molecule has 0 fully saturated rings. The molecule has 0 aliphatic rings. The van der Waals surface area contributed by atoms with Gasteiger partial charge in [-0.1, -0.05) is 59.4 Å². The Morgan fingerprint density at radius 3 is 2.46 bits per heavy atom. The van der Waals surface area contributed by atoms with Crippen LogP contribution in [0.3, 0.4) is 0 Å². The molecule has 0 unspecified atom stereocenters. The summed E-state index contributed by atoms with van der Waals surface area (Å²) in [7, 11) is 4.12. The van der Waals surface area contributed by atoms with Crippen LogP contribution in [0, 0.1) is 6.92 Å². The average Bonchev–Trinajstić information content (AvgIpc) is 3.12. The summed E-state index contributed by atoms with van der Waals surface area (Å²) in [6, 6.07) is 16.5. The second-order valence-corrected chi connectivity index (χ2v) is 8.34. The van der Waals surface area contributed by atoms with Gasteiger partial charge in [0.2, 0.25) is 5.91 Å². The van der Waals surface area contributed by atoms with Gasteiger partial charge in [0.25, 0.3) is 0 Å². The van der Waals surface area contributed by atoms with Crippen molar-refractivity contribution in [2.75, 3.05) is 14.1 Å². The fourth-order valence-electron chi connectivity index (χ4n) is 3.10. The lowest BCUT2D eigenvalue weighted by Crippen LogP contribution is -2.27. The molecule has 0 aliphatic heterocycles. The summed E-state index contributed by atoms with van der Waals surface area (Å²) in [5, 5.41) is 13.5. The fourth-order valence-corrected chi connectivity index (χ4v) is 3.99. The van der Waals surface area contributed by atoms with Gasteiger partial charge in [-0.15, -0.1) is 10.2 Å². The van der Waals surface area contributed by atoms with Crippen LogP contribution in [0.1, 0.15) is 34.7 Å². The SMILES string of the molecule is CC(=O)N[C@@H](Cc1ccc(CN(C)C)cc1)c1nnc(-c2cccc(C)c2)s1. The Morgan fingerprint density at radius 1 is 1.11 bits per heavy atom. The van der Waals surface area contributed by atoms with Crippen molar-refractivity contribution in [1.29, 1.82) is 0 Å². The summed E-state index contributed by atoms with van der Waals surface area (Å²) >= 11 is 1.53. The molecule has 1 heterocycles. The normalized spacial score (nSPS) is 12.2. The Bertz CT molecular complexity index is 934. The standard InChI is InChI=1S/C22H26N4OS/c1-15-6-5-7-19(12-15)21-24-25-22(28-21)20(23-16(2)27)13-17-8-10-18(11-9-17)14-26(3)4/h5-12,20H,13-14H2,1-4H3,(H,23,27)/t20-/m0/s1. The van der Waals surface area contributed by atoms with Crippen molar-refractivity contribution in [1.82, 2.24) is 20.4 Å². The zero-order valence-electron chi connectivity index (χ0n) is 16.8. The summed E-state index contributed by atoms with van der Waals surface area (Å²) in [5.41, 5.74) is 4.67. The molecule has 5 nitrogen and oxygen atoms in total. The molecule has 28 heavy (non-hydrogen) atoms. The third kappa shape index (κ3) is 5.47. The van der Waals surface area contributed by atoms with Crippen molar-refractivity contribution in [3.63, 3.8) is 0 Å². The van der Waals surface area contributed by atoms with Gasteiger partial charge in [0.15, 0.2) is 0 Å². The number of hydrogen-bond donors (Lipinski definition) is 1. The van der Waals surface area contributed by atoms with E-state index in [4.69, 9.17) is 0 Å². The maximum absolute atomic E-state index is 11.8. The smallest absolute Gasteiger partial charge is 0.217 e. The van der Waals surface area contributed by atoms with Crippen LogP contribution in [0.25, 0.3) is 10.6 Å². The Kier molecular flexibility index (Phi) is 6.54. The van der Waals surface area contributed by atoms with Crippen molar-refractivity contribution in [3.05, 3.63) is 70.2 Å². The van der Waals surface area contributed by atoms with Gasteiger partial charge in [0, 0.05) is 19.0 Å². The highest BCUT2D eigenvalue weighted by Gasteiger charge is 2.19. The van der Waals surface area contributed by atoms with Crippen molar-refractivity contribution in [2.45, 2.75) is 32.9 Å². The summed E-state index contributed by atoms with van der Waals surface area (Å²) in [4.78, 5) is 13.9. The zero-order valence-corrected chi connectivity index (χ0v) is 17.6. The lowest BCUT2D eigenvalue weighted by atomic mass is 10.0. The van der Waals surface area contributed by atoms with Gasteiger partial charge in [0.05, 0.1) is 6.04 Å². The molecule has 6 heteroatoms. The number of aryl methyl sites for hydroxylation is 1. The van der Waals surface area contributed by atoms with Crippen molar-refractivity contribution in [2.24, 2.45) is 0 Å². The van der Waals surface area contributed by atoms with Crippen molar-refractivity contribution in [3.8, 4) is 10.6 Å². The van der Waals surface area contributed by atoms with Gasteiger partial charge < -0.3 is 10.2 Å². The number of hydrogen-bond acceptors (Lipinski definition) is 5. The Labute approximate surface area is 170 Å². The third-order valence-corrected chi connectivity index (χ3v) is 5.43. The van der Waals surface area contributed by atoms with E-state index in [0.29, 0.717) is 6.42 Å². The molecule has 3 rings (SSSR count). The van der Waals surface area contributed by atoms with Gasteiger partial charge in [-0.3, -0.25) is 4.79 Å². The number of aromatic nitrogens is 2. The van der Waals surface area contributed by atoms with Gasteiger partial charge in [-0.25, -0.2) is 0 Å². The lowest BCUT2D eigenvalue weighted by Gasteiger charge is -2.16. The monoisotopic (exact) mass is 394 g/mol. The maximum atomic E-state index is 11.8. The van der Waals surface area contributed by atoms with E-state index in [1.54, 1.807) is 0 Å². The van der Waals surface area contributed by atoms with Crippen molar-refractivity contribution < 1.29 is 4.79 Å². The average molecular weight is 395 g/mol. The molecule has 1 atom stereocenters. The Morgan fingerprint density at radius 2 is 1.82 bits per heavy atom. The second-order valence-electron chi connectivity index (χ2n) is 7.33. The predicted octanol–water partition coefficient (Wildman–Crippen LogP) is 4.00. The van der Waals surface area contributed by atoms with E-state index in [2.05, 4.69) is 77.8 Å². The molecule has 0 radical (unpaired) electrons. The Hall–Kier alpha value is -2.57. The summed E-state index contributed by atoms with van der Waals surface area (Å²) in [5.74, 6) is -0.0680. The molecular formula is C22H26N4OS. The third-order valence-electron chi connectivity index (χ3n) is 4.34. The number of rotatable bonds is 7. The predicted molar refractivity (Wildman–Crippen MR) is 114 cm³/mol. The summed E-state index contributed by atoms with van der Waals surface area (Å²) in [6.45, 7) is 4.51. The first-order valence-corrected chi connectivity index (χ1v) is 10.1. The quantitative estimate of drug-likeness (QED) is 0.658. The molecule has 0 spiro atoms. The van der Waals surface area contributed by atoms with Crippen LogP contribution in [0.4, 0.5) is 0 Å². The zero-order chi connectivity index (χ0) is 20.1. The number of carbonyl (C=O) groups is 1. The summed E-state index contributed by atoms with van der Waals surface area (Å²) < 4.78 is 0. The van der Waals surface area contributed by atoms with Crippen LogP contribution in [0.15, 0.2) is 48.5 Å². The molecule has 1 N–H and O–H groups in total. The molecule has 0 saturated carbocycles. The van der Waals surface area contributed by atoms with Gasteiger partial charge >= 0.3 is 0 Å². The van der Waals surface area contributed by atoms with Crippen LogP contribution in [-0.2, 0) is 17.8 Å². The molecule has 1 amide bonds. The number of benzene rings is 2. The molecule has 3 aromatic rings. The molecule has 146 valence electrons. The first-order valence-electron chi connectivity index (χ1n) is 9.31. The van der Waals surface area contributed by atoms with E-state index in [-0.39, 0.29) is 11.9 Å². The molecule has 0 aliphatic carbocycles. The minimum absolute atomic E-state index is 0.0680. The molecule has 2 aromatic carbocycles. The highest BCUT2D eigenvalue weighted by Crippen LogP contribution is 2.29. The van der Waals surface area contributed by atoms with Gasteiger partial charge in [0.1, 0.15) is 10.0 Å². The van der Waals surface area contributed by atoms with Crippen LogP contribution >= 0.6 is 11.3 Å². The number of nitrogens with one attached hydrogen (secondary N) is 1.